The van der Waals surface area contributed by atoms with E-state index in [4.69, 9.17) is 5.73 Å². The number of hydrogen-bond acceptors (Lipinski definition) is 4. The zero-order chi connectivity index (χ0) is 16.6. The monoisotopic (exact) mass is 401 g/mol. The minimum atomic E-state index is -0.0550. The minimum absolute atomic E-state index is 0. The molecule has 1 saturated heterocycles. The van der Waals surface area contributed by atoms with Crippen molar-refractivity contribution < 1.29 is 4.79 Å². The average Bonchev–Trinajstić information content (AvgIpc) is 2.92. The number of hydrogen-bond donors (Lipinski definition) is 1. The normalized spacial score (nSPS) is 18.9. The van der Waals surface area contributed by atoms with Crippen molar-refractivity contribution in [3.63, 3.8) is 0 Å². The number of likely N-dealkylation sites (tertiary alicyclic amines) is 1. The fourth-order valence-corrected chi connectivity index (χ4v) is 3.96. The van der Waals surface area contributed by atoms with Crippen molar-refractivity contribution >= 4 is 42.1 Å². The van der Waals surface area contributed by atoms with Gasteiger partial charge >= 0.3 is 0 Å². The molecule has 4 nitrogen and oxygen atoms in total. The van der Waals surface area contributed by atoms with Gasteiger partial charge in [-0.3, -0.25) is 4.79 Å². The summed E-state index contributed by atoms with van der Waals surface area (Å²) in [5.41, 5.74) is 7.93. The van der Waals surface area contributed by atoms with Gasteiger partial charge in [0.15, 0.2) is 0 Å². The molecule has 0 aliphatic carbocycles. The number of nitrogens with zero attached hydrogens (tertiary/aromatic N) is 2. The van der Waals surface area contributed by atoms with Crippen molar-refractivity contribution in [2.75, 3.05) is 13.1 Å². The van der Waals surface area contributed by atoms with Crippen LogP contribution in [0.15, 0.2) is 30.3 Å². The molecule has 0 radical (unpaired) electrons. The third kappa shape index (κ3) is 4.53. The molecule has 3 rings (SSSR count). The maximum absolute atomic E-state index is 13.1. The third-order valence-electron chi connectivity index (χ3n) is 4.57. The van der Waals surface area contributed by atoms with Crippen molar-refractivity contribution in [2.24, 2.45) is 11.1 Å². The smallest absolute Gasteiger partial charge is 0.266 e. The van der Waals surface area contributed by atoms with Crippen molar-refractivity contribution in [3.05, 3.63) is 40.2 Å². The van der Waals surface area contributed by atoms with Crippen molar-refractivity contribution in [2.45, 2.75) is 33.2 Å². The highest BCUT2D eigenvalue weighted by atomic mass is 35.5. The molecule has 0 spiro atoms. The lowest BCUT2D eigenvalue weighted by Crippen LogP contribution is -2.53. The molecule has 1 aromatic heterocycles. The highest BCUT2D eigenvalue weighted by Crippen LogP contribution is 2.33. The molecule has 138 valence electrons. The van der Waals surface area contributed by atoms with E-state index in [-0.39, 0.29) is 42.2 Å². The number of benzene rings is 1. The van der Waals surface area contributed by atoms with Crippen LogP contribution >= 0.6 is 36.2 Å². The van der Waals surface area contributed by atoms with Crippen LogP contribution in [0.5, 0.6) is 0 Å². The van der Waals surface area contributed by atoms with E-state index in [1.54, 1.807) is 0 Å². The second kappa shape index (κ2) is 8.49. The molecule has 1 unspecified atom stereocenters. The van der Waals surface area contributed by atoms with E-state index in [2.05, 4.69) is 18.8 Å². The fraction of sp³-hybridized carbons (Fsp3) is 0.444. The van der Waals surface area contributed by atoms with E-state index in [9.17, 15) is 4.79 Å². The number of rotatable bonds is 2. The number of carbonyl (C=O) groups excluding carboxylic acids is 1. The zero-order valence-electron chi connectivity index (χ0n) is 14.7. The van der Waals surface area contributed by atoms with Crippen molar-refractivity contribution in [1.82, 2.24) is 9.88 Å². The lowest BCUT2D eigenvalue weighted by Gasteiger charge is -2.42. The van der Waals surface area contributed by atoms with Crippen LogP contribution in [0.1, 0.15) is 34.9 Å². The molecule has 2 aromatic rings. The van der Waals surface area contributed by atoms with Crippen LogP contribution in [0.3, 0.4) is 0 Å². The molecule has 25 heavy (non-hydrogen) atoms. The van der Waals surface area contributed by atoms with E-state index in [0.29, 0.717) is 13.1 Å². The first-order valence-corrected chi connectivity index (χ1v) is 8.78. The lowest BCUT2D eigenvalue weighted by atomic mass is 9.79. The average molecular weight is 402 g/mol. The Bertz CT molecular complexity index is 718. The van der Waals surface area contributed by atoms with Gasteiger partial charge in [0.2, 0.25) is 0 Å². The van der Waals surface area contributed by atoms with E-state index >= 15 is 0 Å². The lowest BCUT2D eigenvalue weighted by molar-refractivity contribution is 0.0538. The first-order chi connectivity index (χ1) is 10.9. The van der Waals surface area contributed by atoms with Crippen LogP contribution in [0.4, 0.5) is 0 Å². The Balaban J connectivity index is 0.00000156. The molecule has 0 bridgehead atoms. The van der Waals surface area contributed by atoms with Gasteiger partial charge in [0.25, 0.3) is 5.91 Å². The van der Waals surface area contributed by atoms with Crippen LogP contribution < -0.4 is 5.73 Å². The van der Waals surface area contributed by atoms with Crippen LogP contribution in [0.2, 0.25) is 0 Å². The van der Waals surface area contributed by atoms with E-state index < -0.39 is 0 Å². The summed E-state index contributed by atoms with van der Waals surface area (Å²) in [5, 5.41) is 0.917. The summed E-state index contributed by atoms with van der Waals surface area (Å²) in [7, 11) is 0. The summed E-state index contributed by atoms with van der Waals surface area (Å²) in [6, 6.07) is 10.1. The summed E-state index contributed by atoms with van der Waals surface area (Å²) < 4.78 is 0. The maximum Gasteiger partial charge on any atom is 0.266 e. The highest BCUT2D eigenvalue weighted by molar-refractivity contribution is 7.14. The molecule has 1 aromatic carbocycles. The van der Waals surface area contributed by atoms with Crippen LogP contribution in [0, 0.1) is 12.3 Å². The Morgan fingerprint density at radius 3 is 2.52 bits per heavy atom. The Morgan fingerprint density at radius 1 is 1.28 bits per heavy atom. The van der Waals surface area contributed by atoms with Gasteiger partial charge < -0.3 is 10.6 Å². The van der Waals surface area contributed by atoms with Gasteiger partial charge in [-0.25, -0.2) is 4.98 Å². The number of nitrogens with two attached hydrogens (primary N) is 1. The van der Waals surface area contributed by atoms with E-state index in [0.717, 1.165) is 27.6 Å². The van der Waals surface area contributed by atoms with Gasteiger partial charge in [-0.1, -0.05) is 44.2 Å². The predicted molar refractivity (Wildman–Crippen MR) is 109 cm³/mol. The second-order valence-electron chi connectivity index (χ2n) is 6.89. The third-order valence-corrected chi connectivity index (χ3v) is 5.53. The Morgan fingerprint density at radius 2 is 1.92 bits per heavy atom. The summed E-state index contributed by atoms with van der Waals surface area (Å²) >= 11 is 1.48. The minimum Gasteiger partial charge on any atom is -0.337 e. The molecule has 0 saturated carbocycles. The second-order valence-corrected chi connectivity index (χ2v) is 8.09. The SMILES string of the molecule is Cc1nc(-c2ccccc2)c(C(=O)N2CCC(N)C(C)(C)C2)s1.Cl.Cl. The fourth-order valence-electron chi connectivity index (χ4n) is 3.05. The van der Waals surface area contributed by atoms with Crippen LogP contribution in [-0.4, -0.2) is 34.9 Å². The molecule has 1 fully saturated rings. The molecule has 1 aliphatic heterocycles. The maximum atomic E-state index is 13.1. The van der Waals surface area contributed by atoms with Gasteiger partial charge in [-0.05, 0) is 18.8 Å². The number of amides is 1. The van der Waals surface area contributed by atoms with Crippen LogP contribution in [0.25, 0.3) is 11.3 Å². The Hall–Kier alpha value is -1.14. The summed E-state index contributed by atoms with van der Waals surface area (Å²) in [6.45, 7) is 7.62. The number of aryl methyl sites for hydroxylation is 1. The molecule has 2 N–H and O–H groups in total. The predicted octanol–water partition coefficient (Wildman–Crippen LogP) is 4.16. The molecular weight excluding hydrogens is 377 g/mol. The first kappa shape index (κ1) is 21.9. The molecule has 1 amide bonds. The first-order valence-electron chi connectivity index (χ1n) is 7.96. The van der Waals surface area contributed by atoms with E-state index in [1.165, 1.54) is 11.3 Å². The number of aromatic nitrogens is 1. The van der Waals surface area contributed by atoms with Gasteiger partial charge in [0, 0.05) is 24.7 Å². The summed E-state index contributed by atoms with van der Waals surface area (Å²) in [6.07, 6.45) is 0.844. The van der Waals surface area contributed by atoms with Crippen LogP contribution in [-0.2, 0) is 0 Å². The van der Waals surface area contributed by atoms with Gasteiger partial charge in [0.05, 0.1) is 10.7 Å². The summed E-state index contributed by atoms with van der Waals surface area (Å²) in [5.74, 6) is 0.0782. The zero-order valence-corrected chi connectivity index (χ0v) is 17.1. The molecule has 2 heterocycles. The Kier molecular flexibility index (Phi) is 7.44. The number of halogens is 2. The van der Waals surface area contributed by atoms with Crippen molar-refractivity contribution in [3.8, 4) is 11.3 Å². The number of piperidine rings is 1. The van der Waals surface area contributed by atoms with E-state index in [1.807, 2.05) is 42.2 Å². The molecule has 1 aliphatic rings. The number of carbonyl (C=O) groups is 1. The van der Waals surface area contributed by atoms with Crippen molar-refractivity contribution in [1.29, 1.82) is 0 Å². The quantitative estimate of drug-likeness (QED) is 0.821. The topological polar surface area (TPSA) is 59.2 Å². The molecular formula is C18H25Cl2N3OS. The van der Waals surface area contributed by atoms with Gasteiger partial charge in [-0.2, -0.15) is 0 Å². The van der Waals surface area contributed by atoms with Gasteiger partial charge in [0.1, 0.15) is 4.88 Å². The Labute approximate surface area is 165 Å². The highest BCUT2D eigenvalue weighted by Gasteiger charge is 2.36. The number of thiazole rings is 1. The molecule has 7 heteroatoms. The largest absolute Gasteiger partial charge is 0.337 e. The molecule has 1 atom stereocenters. The van der Waals surface area contributed by atoms with Gasteiger partial charge in [-0.15, -0.1) is 36.2 Å². The standard InChI is InChI=1S/C18H23N3OS.2ClH/c1-12-20-15(13-7-5-4-6-8-13)16(23-12)17(22)21-10-9-14(19)18(2,3)11-21;;/h4-8,14H,9-11,19H2,1-3H3;2*1H. The summed E-state index contributed by atoms with van der Waals surface area (Å²) in [4.78, 5) is 20.3.